The topological polar surface area (TPSA) is 39.8 Å². The highest BCUT2D eigenvalue weighted by Gasteiger charge is 2.15. The molecule has 0 saturated heterocycles. The molecule has 1 aromatic carbocycles. The molecule has 1 heterocycles. The van der Waals surface area contributed by atoms with E-state index in [2.05, 4.69) is 29.4 Å². The van der Waals surface area contributed by atoms with Crippen molar-refractivity contribution in [3.63, 3.8) is 0 Å². The summed E-state index contributed by atoms with van der Waals surface area (Å²) in [5, 5.41) is 4.09. The van der Waals surface area contributed by atoms with Gasteiger partial charge in [0.2, 0.25) is 0 Å². The fraction of sp³-hybridized carbons (Fsp3) is 0.500. The van der Waals surface area contributed by atoms with Gasteiger partial charge in [0.05, 0.1) is 6.54 Å². The summed E-state index contributed by atoms with van der Waals surface area (Å²) in [4.78, 5) is 11.8. The van der Waals surface area contributed by atoms with Crippen molar-refractivity contribution in [1.29, 1.82) is 0 Å². The fourth-order valence-corrected chi connectivity index (χ4v) is 3.03. The quantitative estimate of drug-likeness (QED) is 0.861. The van der Waals surface area contributed by atoms with E-state index in [0.29, 0.717) is 6.54 Å². The van der Waals surface area contributed by atoms with Crippen LogP contribution in [0.2, 0.25) is 0 Å². The van der Waals surface area contributed by atoms with Gasteiger partial charge in [-0.3, -0.25) is 4.57 Å². The van der Waals surface area contributed by atoms with Crippen LogP contribution in [0.25, 0.3) is 0 Å². The average molecular weight is 271 g/mol. The molecule has 4 nitrogen and oxygen atoms in total. The molecule has 1 aliphatic carbocycles. The Morgan fingerprint density at radius 1 is 1.15 bits per heavy atom. The van der Waals surface area contributed by atoms with Gasteiger partial charge in [0.25, 0.3) is 0 Å². The summed E-state index contributed by atoms with van der Waals surface area (Å²) < 4.78 is 2.99. The summed E-state index contributed by atoms with van der Waals surface area (Å²) in [6, 6.07) is 8.70. The minimum Gasteiger partial charge on any atom is -0.285 e. The number of benzene rings is 1. The molecule has 0 aliphatic heterocycles. The molecular weight excluding hydrogens is 250 g/mol. The van der Waals surface area contributed by atoms with Gasteiger partial charge in [0.1, 0.15) is 6.33 Å². The molecule has 1 saturated carbocycles. The number of hydrogen-bond donors (Lipinski definition) is 0. The van der Waals surface area contributed by atoms with E-state index in [-0.39, 0.29) is 5.69 Å². The van der Waals surface area contributed by atoms with Gasteiger partial charge in [0, 0.05) is 7.05 Å². The van der Waals surface area contributed by atoms with E-state index in [1.165, 1.54) is 46.9 Å². The molecule has 20 heavy (non-hydrogen) atoms. The molecule has 0 spiro atoms. The van der Waals surface area contributed by atoms with E-state index in [1.807, 2.05) is 0 Å². The predicted octanol–water partition coefficient (Wildman–Crippen LogP) is 2.68. The Balaban J connectivity index is 1.72. The summed E-state index contributed by atoms with van der Waals surface area (Å²) in [5.41, 5.74) is 2.51. The lowest BCUT2D eigenvalue weighted by atomic mass is 9.84. The van der Waals surface area contributed by atoms with E-state index in [1.54, 1.807) is 13.4 Å². The van der Waals surface area contributed by atoms with Crippen molar-refractivity contribution in [3.05, 3.63) is 52.2 Å². The summed E-state index contributed by atoms with van der Waals surface area (Å²) in [5.74, 6) is 0.732. The van der Waals surface area contributed by atoms with Crippen molar-refractivity contribution < 1.29 is 0 Å². The molecule has 1 aliphatic rings. The maximum atomic E-state index is 11.8. The fourth-order valence-electron chi connectivity index (χ4n) is 3.03. The van der Waals surface area contributed by atoms with Crippen LogP contribution in [-0.4, -0.2) is 14.3 Å². The van der Waals surface area contributed by atoms with Crippen LogP contribution in [-0.2, 0) is 13.6 Å². The van der Waals surface area contributed by atoms with Crippen molar-refractivity contribution in [1.82, 2.24) is 14.3 Å². The second kappa shape index (κ2) is 5.65. The lowest BCUT2D eigenvalue weighted by Gasteiger charge is -2.22. The summed E-state index contributed by atoms with van der Waals surface area (Å²) in [6.07, 6.45) is 8.29. The molecule has 3 rings (SSSR count). The Labute approximate surface area is 119 Å². The van der Waals surface area contributed by atoms with Crippen molar-refractivity contribution in [2.24, 2.45) is 7.05 Å². The van der Waals surface area contributed by atoms with Crippen LogP contribution in [0.1, 0.15) is 49.1 Å². The third-order valence-corrected chi connectivity index (χ3v) is 4.28. The van der Waals surface area contributed by atoms with Crippen LogP contribution >= 0.6 is 0 Å². The molecule has 0 bridgehead atoms. The van der Waals surface area contributed by atoms with Gasteiger partial charge in [-0.1, -0.05) is 43.5 Å². The molecule has 0 amide bonds. The van der Waals surface area contributed by atoms with Crippen molar-refractivity contribution in [3.8, 4) is 0 Å². The molecule has 0 radical (unpaired) electrons. The Morgan fingerprint density at radius 2 is 1.85 bits per heavy atom. The van der Waals surface area contributed by atoms with E-state index >= 15 is 0 Å². The smallest absolute Gasteiger partial charge is 0.285 e. The molecule has 106 valence electrons. The van der Waals surface area contributed by atoms with E-state index in [0.717, 1.165) is 11.5 Å². The summed E-state index contributed by atoms with van der Waals surface area (Å²) in [6.45, 7) is 0.546. The molecule has 4 heteroatoms. The highest BCUT2D eigenvalue weighted by Crippen LogP contribution is 2.32. The lowest BCUT2D eigenvalue weighted by molar-refractivity contribution is 0.443. The Hall–Kier alpha value is -1.84. The first-order valence-electron chi connectivity index (χ1n) is 7.41. The zero-order valence-electron chi connectivity index (χ0n) is 12.0. The number of nitrogens with zero attached hydrogens (tertiary/aromatic N) is 3. The van der Waals surface area contributed by atoms with Crippen molar-refractivity contribution in [2.75, 3.05) is 0 Å². The first kappa shape index (κ1) is 13.2. The van der Waals surface area contributed by atoms with Crippen LogP contribution < -0.4 is 5.69 Å². The second-order valence-electron chi connectivity index (χ2n) is 5.76. The van der Waals surface area contributed by atoms with Gasteiger partial charge in [-0.15, -0.1) is 0 Å². The van der Waals surface area contributed by atoms with Gasteiger partial charge in [0.15, 0.2) is 0 Å². The lowest BCUT2D eigenvalue weighted by Crippen LogP contribution is -2.23. The monoisotopic (exact) mass is 271 g/mol. The summed E-state index contributed by atoms with van der Waals surface area (Å²) in [7, 11) is 1.72. The Kier molecular flexibility index (Phi) is 3.72. The third kappa shape index (κ3) is 2.69. The van der Waals surface area contributed by atoms with Gasteiger partial charge >= 0.3 is 5.69 Å². The van der Waals surface area contributed by atoms with Crippen LogP contribution in [0.4, 0.5) is 0 Å². The van der Waals surface area contributed by atoms with Gasteiger partial charge in [-0.2, -0.15) is 5.10 Å². The molecule has 1 fully saturated rings. The van der Waals surface area contributed by atoms with Crippen molar-refractivity contribution >= 4 is 0 Å². The predicted molar refractivity (Wildman–Crippen MR) is 78.8 cm³/mol. The van der Waals surface area contributed by atoms with E-state index in [9.17, 15) is 4.79 Å². The SMILES string of the molecule is Cn1cnn(Cc2ccc(C3CCCCC3)cc2)c1=O. The zero-order valence-corrected chi connectivity index (χ0v) is 12.0. The highest BCUT2D eigenvalue weighted by molar-refractivity contribution is 5.25. The molecule has 0 unspecified atom stereocenters. The van der Waals surface area contributed by atoms with Gasteiger partial charge in [-0.25, -0.2) is 9.48 Å². The third-order valence-electron chi connectivity index (χ3n) is 4.28. The van der Waals surface area contributed by atoms with Crippen LogP contribution in [0, 0.1) is 0 Å². The Bertz CT molecular complexity index is 618. The number of hydrogen-bond acceptors (Lipinski definition) is 2. The minimum atomic E-state index is -0.0682. The molecular formula is C16H21N3O. The maximum Gasteiger partial charge on any atom is 0.345 e. The second-order valence-corrected chi connectivity index (χ2v) is 5.76. The number of aromatic nitrogens is 3. The first-order chi connectivity index (χ1) is 9.74. The average Bonchev–Trinajstić information content (AvgIpc) is 2.81. The van der Waals surface area contributed by atoms with E-state index < -0.39 is 0 Å². The van der Waals surface area contributed by atoms with Crippen LogP contribution in [0.3, 0.4) is 0 Å². The Morgan fingerprint density at radius 3 is 2.45 bits per heavy atom. The number of aryl methyl sites for hydroxylation is 1. The normalized spacial score (nSPS) is 16.4. The van der Waals surface area contributed by atoms with Crippen molar-refractivity contribution in [2.45, 2.75) is 44.6 Å². The first-order valence-corrected chi connectivity index (χ1v) is 7.41. The number of rotatable bonds is 3. The van der Waals surface area contributed by atoms with E-state index in [4.69, 9.17) is 0 Å². The minimum absolute atomic E-state index is 0.0682. The summed E-state index contributed by atoms with van der Waals surface area (Å²) >= 11 is 0. The van der Waals surface area contributed by atoms with Gasteiger partial charge in [-0.05, 0) is 29.9 Å². The van der Waals surface area contributed by atoms with Gasteiger partial charge < -0.3 is 0 Å². The van der Waals surface area contributed by atoms with Crippen LogP contribution in [0.5, 0.6) is 0 Å². The highest BCUT2D eigenvalue weighted by atomic mass is 16.2. The standard InChI is InChI=1S/C16H21N3O/c1-18-12-17-19(16(18)20)11-13-7-9-15(10-8-13)14-5-3-2-4-6-14/h7-10,12,14H,2-6,11H2,1H3. The molecule has 2 aromatic rings. The van der Waals surface area contributed by atoms with Crippen LogP contribution in [0.15, 0.2) is 35.4 Å². The molecule has 1 aromatic heterocycles. The largest absolute Gasteiger partial charge is 0.345 e. The zero-order chi connectivity index (χ0) is 13.9. The molecule has 0 N–H and O–H groups in total. The maximum absolute atomic E-state index is 11.8. The molecule has 0 atom stereocenters.